The Kier molecular flexibility index (Phi) is 45.2. The number of nitrogens with one attached hydrogen (secondary N) is 2. The van der Waals surface area contributed by atoms with Crippen LogP contribution in [0.4, 0.5) is 0 Å². The number of rotatable bonds is 34. The summed E-state index contributed by atoms with van der Waals surface area (Å²) in [5.74, 6) is -2.53. The zero-order valence-corrected chi connectivity index (χ0v) is 37.6. The first kappa shape index (κ1) is 57.4. The molecule has 0 amide bonds. The summed E-state index contributed by atoms with van der Waals surface area (Å²) >= 11 is 0. The van der Waals surface area contributed by atoms with Gasteiger partial charge in [-0.1, -0.05) is 129 Å². The van der Waals surface area contributed by atoms with E-state index in [2.05, 4.69) is 24.5 Å². The molecule has 2 atom stereocenters. The Morgan fingerprint density at radius 3 is 1.00 bits per heavy atom. The van der Waals surface area contributed by atoms with Crippen molar-refractivity contribution in [3.63, 3.8) is 0 Å². The molecular formula is C34H68N2Na2O10S2. The Morgan fingerprint density at radius 1 is 0.500 bits per heavy atom. The molecule has 0 aliphatic rings. The Labute approximate surface area is 349 Å². The largest absolute Gasteiger partial charge is 1.00 e. The fourth-order valence-corrected chi connectivity index (χ4v) is 6.48. The summed E-state index contributed by atoms with van der Waals surface area (Å²) < 4.78 is 63.2. The summed E-state index contributed by atoms with van der Waals surface area (Å²) in [7, 11) is -8.37. The van der Waals surface area contributed by atoms with Crippen LogP contribution in [0.3, 0.4) is 0 Å². The molecule has 0 aromatic carbocycles. The van der Waals surface area contributed by atoms with Gasteiger partial charge in [0.1, 0.15) is 0 Å². The molecule has 2 unspecified atom stereocenters. The molecule has 0 heterocycles. The standard InChI is InChI=1S/2C17H35NO5S.2Na/c2*1-2-3-4-5-6-7-8-9-10-12-16(15-17(19)20)18-13-11-14-24(21,22)23;;/h2*16,18H,2-15H2,1H3,(H,19,20)(H,21,22,23);;/q;;2*+1/p-2. The van der Waals surface area contributed by atoms with Gasteiger partial charge < -0.3 is 30.0 Å². The van der Waals surface area contributed by atoms with Crippen LogP contribution in [-0.2, 0) is 29.8 Å². The van der Waals surface area contributed by atoms with Crippen LogP contribution < -0.4 is 69.7 Å². The molecule has 0 fully saturated rings. The van der Waals surface area contributed by atoms with Crippen molar-refractivity contribution in [1.29, 1.82) is 0 Å². The number of carboxylic acids is 2. The number of hydrogen-bond donors (Lipinski definition) is 4. The molecule has 0 aromatic rings. The Bertz CT molecular complexity index is 913. The van der Waals surface area contributed by atoms with Crippen molar-refractivity contribution in [2.75, 3.05) is 24.6 Å². The minimum Gasteiger partial charge on any atom is -0.748 e. The van der Waals surface area contributed by atoms with E-state index in [0.717, 1.165) is 38.5 Å². The fourth-order valence-electron chi connectivity index (χ4n) is 5.49. The molecule has 0 radical (unpaired) electrons. The minimum absolute atomic E-state index is 0. The molecule has 0 aliphatic carbocycles. The van der Waals surface area contributed by atoms with E-state index in [1.807, 2.05) is 0 Å². The van der Waals surface area contributed by atoms with Gasteiger partial charge in [-0.25, -0.2) is 16.8 Å². The third-order valence-corrected chi connectivity index (χ3v) is 9.74. The minimum atomic E-state index is -4.19. The monoisotopic (exact) mass is 774 g/mol. The van der Waals surface area contributed by atoms with Crippen molar-refractivity contribution in [2.24, 2.45) is 0 Å². The van der Waals surface area contributed by atoms with Crippen molar-refractivity contribution in [3.8, 4) is 0 Å². The molecule has 4 N–H and O–H groups in total. The van der Waals surface area contributed by atoms with Crippen LogP contribution >= 0.6 is 0 Å². The number of hydrogen-bond acceptors (Lipinski definition) is 10. The maximum Gasteiger partial charge on any atom is 1.00 e. The van der Waals surface area contributed by atoms with Crippen LogP contribution in [0, 0.1) is 0 Å². The number of aliphatic carboxylic acids is 2. The third kappa shape index (κ3) is 50.8. The van der Waals surface area contributed by atoms with Crippen LogP contribution in [0.2, 0.25) is 0 Å². The van der Waals surface area contributed by atoms with Gasteiger partial charge in [0.2, 0.25) is 0 Å². The van der Waals surface area contributed by atoms with Gasteiger partial charge in [0.25, 0.3) is 0 Å². The first-order chi connectivity index (χ1) is 22.7. The number of carbonyl (C=O) groups is 2. The first-order valence-electron chi connectivity index (χ1n) is 18.5. The Balaban J connectivity index is -0.000000407. The smallest absolute Gasteiger partial charge is 0.748 e. The van der Waals surface area contributed by atoms with E-state index < -0.39 is 43.7 Å². The maximum absolute atomic E-state index is 10.9. The molecule has 50 heavy (non-hydrogen) atoms. The molecule has 0 aliphatic heterocycles. The van der Waals surface area contributed by atoms with E-state index in [9.17, 15) is 35.5 Å². The van der Waals surface area contributed by atoms with Crippen molar-refractivity contribution in [1.82, 2.24) is 10.6 Å². The maximum atomic E-state index is 10.9. The van der Waals surface area contributed by atoms with Gasteiger partial charge >= 0.3 is 71.1 Å². The fraction of sp³-hybridized carbons (Fsp3) is 0.941. The molecule has 288 valence electrons. The second-order valence-electron chi connectivity index (χ2n) is 13.0. The summed E-state index contributed by atoms with van der Waals surface area (Å²) in [6.45, 7) is 5.14. The normalized spacial score (nSPS) is 12.6. The average Bonchev–Trinajstić information content (AvgIpc) is 2.98. The molecule has 0 bridgehead atoms. The van der Waals surface area contributed by atoms with Crippen LogP contribution in [0.25, 0.3) is 0 Å². The van der Waals surface area contributed by atoms with E-state index in [0.29, 0.717) is 13.1 Å². The Morgan fingerprint density at radius 2 is 0.760 bits per heavy atom. The van der Waals surface area contributed by atoms with Gasteiger partial charge in [0.05, 0.1) is 33.1 Å². The van der Waals surface area contributed by atoms with Gasteiger partial charge in [-0.05, 0) is 38.8 Å². The van der Waals surface area contributed by atoms with Crippen LogP contribution in [0.1, 0.15) is 168 Å². The number of unbranched alkanes of at least 4 members (excludes halogenated alkanes) is 16. The van der Waals surface area contributed by atoms with E-state index in [1.165, 1.54) is 89.9 Å². The van der Waals surface area contributed by atoms with Crippen molar-refractivity contribution in [2.45, 2.75) is 180 Å². The van der Waals surface area contributed by atoms with Gasteiger partial charge in [0.15, 0.2) is 0 Å². The second kappa shape index (κ2) is 39.4. The third-order valence-electron chi connectivity index (χ3n) is 8.16. The van der Waals surface area contributed by atoms with Crippen molar-refractivity contribution in [3.05, 3.63) is 0 Å². The zero-order chi connectivity index (χ0) is 36.5. The molecule has 16 heteroatoms. The predicted octanol–water partition coefficient (Wildman–Crippen LogP) is 0.559. The number of carboxylic acid groups (broad SMARTS) is 2. The van der Waals surface area contributed by atoms with E-state index in [1.54, 1.807) is 0 Å². The Hall–Kier alpha value is 0.680. The van der Waals surface area contributed by atoms with Crippen molar-refractivity contribution >= 4 is 32.2 Å². The molecule has 0 saturated carbocycles. The average molecular weight is 775 g/mol. The van der Waals surface area contributed by atoms with Gasteiger partial charge in [-0.15, -0.1) is 0 Å². The molecule has 12 nitrogen and oxygen atoms in total. The van der Waals surface area contributed by atoms with Gasteiger partial charge in [0, 0.05) is 23.6 Å². The zero-order valence-electron chi connectivity index (χ0n) is 31.9. The van der Waals surface area contributed by atoms with Crippen LogP contribution in [0.15, 0.2) is 0 Å². The van der Waals surface area contributed by atoms with E-state index in [-0.39, 0.29) is 96.9 Å². The predicted molar refractivity (Wildman–Crippen MR) is 190 cm³/mol. The summed E-state index contributed by atoms with van der Waals surface area (Å²) in [4.78, 5) is 21.8. The van der Waals surface area contributed by atoms with Crippen LogP contribution in [0.5, 0.6) is 0 Å². The van der Waals surface area contributed by atoms with Crippen molar-refractivity contribution < 1.29 is 105 Å². The molecule has 0 rings (SSSR count). The molecular weight excluding hydrogens is 706 g/mol. The quantitative estimate of drug-likeness (QED) is 0.0401. The first-order valence-corrected chi connectivity index (χ1v) is 21.6. The molecule has 0 spiro atoms. The SMILES string of the molecule is CCCCCCCCCCCC(CC(=O)O)NCCCS(=O)(=O)[O-].CCCCCCCCCCCC(CC(=O)O)NCCCS(=O)(=O)[O-].[Na+].[Na+]. The van der Waals surface area contributed by atoms with Gasteiger partial charge in [-0.2, -0.15) is 0 Å². The molecule has 0 aromatic heterocycles. The second-order valence-corrected chi connectivity index (χ2v) is 16.0. The summed E-state index contributed by atoms with van der Waals surface area (Å²) in [6.07, 6.45) is 24.0. The topological polar surface area (TPSA) is 213 Å². The summed E-state index contributed by atoms with van der Waals surface area (Å²) in [5, 5.41) is 24.0. The van der Waals surface area contributed by atoms with E-state index in [4.69, 9.17) is 10.2 Å². The van der Waals surface area contributed by atoms with E-state index >= 15 is 0 Å². The van der Waals surface area contributed by atoms with Crippen LogP contribution in [-0.4, -0.2) is 84.8 Å². The van der Waals surface area contributed by atoms with Gasteiger partial charge in [-0.3, -0.25) is 9.59 Å². The summed E-state index contributed by atoms with van der Waals surface area (Å²) in [5.41, 5.74) is 0. The summed E-state index contributed by atoms with van der Waals surface area (Å²) in [6, 6.07) is -0.303. The molecule has 0 saturated heterocycles.